The second-order valence-electron chi connectivity index (χ2n) is 1.77. The van der Waals surface area contributed by atoms with Gasteiger partial charge in [-0.2, -0.15) is 0 Å². The van der Waals surface area contributed by atoms with Crippen LogP contribution in [-0.4, -0.2) is 8.41 Å². The summed E-state index contributed by atoms with van der Waals surface area (Å²) in [7, 11) is 0. The molecule has 3 radical (unpaired) electrons. The monoisotopic (exact) mass is 95.1 g/mol. The molecule has 0 aliphatic rings. The topological polar surface area (TPSA) is 0 Å². The van der Waals surface area contributed by atoms with Crippen molar-refractivity contribution < 1.29 is 0 Å². The summed E-state index contributed by atoms with van der Waals surface area (Å²) in [4.78, 5) is 0. The first-order valence-electron chi connectivity index (χ1n) is 2.40. The van der Waals surface area contributed by atoms with Gasteiger partial charge in [-0.05, 0) is 12.8 Å². The van der Waals surface area contributed by atoms with Crippen molar-refractivity contribution >= 4 is 8.41 Å². The lowest BCUT2D eigenvalue weighted by molar-refractivity contribution is 0.830. The van der Waals surface area contributed by atoms with Gasteiger partial charge in [-0.1, -0.05) is 26.0 Å². The Morgan fingerprint density at radius 3 is 1.71 bits per heavy atom. The van der Waals surface area contributed by atoms with Crippen molar-refractivity contribution in [1.82, 2.24) is 0 Å². The van der Waals surface area contributed by atoms with E-state index in [-0.39, 0.29) is 8.41 Å². The Labute approximate surface area is 48.2 Å². The van der Waals surface area contributed by atoms with E-state index in [1.54, 1.807) is 0 Å². The molecule has 39 valence electrons. The average molecular weight is 95.0 g/mol. The van der Waals surface area contributed by atoms with Crippen molar-refractivity contribution in [3.63, 3.8) is 0 Å². The Kier molecular flexibility index (Phi) is 8.24. The number of rotatable bonds is 1. The van der Waals surface area contributed by atoms with Gasteiger partial charge in [-0.15, -0.1) is 0 Å². The lowest BCUT2D eigenvalue weighted by Crippen LogP contribution is -1.73. The summed E-state index contributed by atoms with van der Waals surface area (Å²) in [5.41, 5.74) is 0. The van der Waals surface area contributed by atoms with Gasteiger partial charge in [0.25, 0.3) is 0 Å². The molecule has 0 bridgehead atoms. The van der Waals surface area contributed by atoms with Gasteiger partial charge in [-0.3, -0.25) is 0 Å². The molecule has 0 aromatic rings. The van der Waals surface area contributed by atoms with E-state index in [2.05, 4.69) is 26.0 Å². The lowest BCUT2D eigenvalue weighted by atomic mass is 10.2. The number of hydrogen-bond acceptors (Lipinski definition) is 0. The van der Waals surface area contributed by atoms with Gasteiger partial charge in [0.1, 0.15) is 0 Å². The Balaban J connectivity index is 0. The van der Waals surface area contributed by atoms with E-state index in [1.165, 1.54) is 0 Å². The SMILES string of the molecule is CC=CC(C)C.[B]. The molecule has 0 aromatic heterocycles. The van der Waals surface area contributed by atoms with Crippen LogP contribution in [0.4, 0.5) is 0 Å². The lowest BCUT2D eigenvalue weighted by Gasteiger charge is -1.86. The first kappa shape index (κ1) is 9.93. The Morgan fingerprint density at radius 1 is 1.29 bits per heavy atom. The standard InChI is InChI=1S/C6H12.B/c1-4-5-6(2)3;/h4-6H,1-3H3;. The second kappa shape index (κ2) is 5.80. The molecule has 0 saturated carbocycles. The van der Waals surface area contributed by atoms with Crippen LogP contribution in [-0.2, 0) is 0 Å². The highest BCUT2D eigenvalue weighted by Gasteiger charge is 1.76. The first-order chi connectivity index (χ1) is 2.77. The van der Waals surface area contributed by atoms with Crippen LogP contribution in [0.2, 0.25) is 0 Å². The molecule has 1 heteroatoms. The van der Waals surface area contributed by atoms with Gasteiger partial charge in [0.15, 0.2) is 0 Å². The summed E-state index contributed by atoms with van der Waals surface area (Å²) in [5, 5.41) is 0. The highest BCUT2D eigenvalue weighted by molar-refractivity contribution is 5.75. The van der Waals surface area contributed by atoms with E-state index >= 15 is 0 Å². The van der Waals surface area contributed by atoms with E-state index in [0.717, 1.165) is 5.92 Å². The van der Waals surface area contributed by atoms with Gasteiger partial charge in [0.2, 0.25) is 0 Å². The summed E-state index contributed by atoms with van der Waals surface area (Å²) >= 11 is 0. The zero-order valence-electron chi connectivity index (χ0n) is 5.31. The minimum absolute atomic E-state index is 0. The summed E-state index contributed by atoms with van der Waals surface area (Å²) in [5.74, 6) is 0.718. The minimum Gasteiger partial charge on any atom is -0.0914 e. The molecule has 0 N–H and O–H groups in total. The smallest absolute Gasteiger partial charge is 0 e. The third-order valence-corrected chi connectivity index (χ3v) is 0.577. The van der Waals surface area contributed by atoms with Crippen LogP contribution in [0.15, 0.2) is 12.2 Å². The van der Waals surface area contributed by atoms with Gasteiger partial charge < -0.3 is 0 Å². The first-order valence-corrected chi connectivity index (χ1v) is 2.40. The minimum atomic E-state index is 0. The summed E-state index contributed by atoms with van der Waals surface area (Å²) in [6, 6.07) is 0. The van der Waals surface area contributed by atoms with E-state index < -0.39 is 0 Å². The molecule has 0 spiro atoms. The molecule has 0 aliphatic heterocycles. The maximum atomic E-state index is 2.17. The number of allylic oxidation sites excluding steroid dienone is 2. The predicted molar refractivity (Wildman–Crippen MR) is 35.4 cm³/mol. The highest BCUT2D eigenvalue weighted by Crippen LogP contribution is 1.90. The average Bonchev–Trinajstić information content (AvgIpc) is 1.35. The van der Waals surface area contributed by atoms with Crippen molar-refractivity contribution in [3.05, 3.63) is 12.2 Å². The van der Waals surface area contributed by atoms with Crippen molar-refractivity contribution in [2.24, 2.45) is 5.92 Å². The molecule has 0 amide bonds. The fourth-order valence-electron chi connectivity index (χ4n) is 0.385. The van der Waals surface area contributed by atoms with Crippen molar-refractivity contribution in [2.45, 2.75) is 20.8 Å². The molecule has 0 heterocycles. The fourth-order valence-corrected chi connectivity index (χ4v) is 0.385. The predicted octanol–water partition coefficient (Wildman–Crippen LogP) is 1.84. The molecule has 0 atom stereocenters. The Hall–Kier alpha value is -0.195. The van der Waals surface area contributed by atoms with E-state index in [4.69, 9.17) is 0 Å². The molecule has 0 unspecified atom stereocenters. The van der Waals surface area contributed by atoms with Crippen molar-refractivity contribution in [3.8, 4) is 0 Å². The largest absolute Gasteiger partial charge is 0.0914 e. The van der Waals surface area contributed by atoms with Crippen molar-refractivity contribution in [1.29, 1.82) is 0 Å². The molecule has 0 aliphatic carbocycles. The zero-order valence-corrected chi connectivity index (χ0v) is 5.31. The third kappa shape index (κ3) is 10.7. The Bertz CT molecular complexity index is 46.1. The molecule has 0 saturated heterocycles. The van der Waals surface area contributed by atoms with Crippen LogP contribution in [0, 0.1) is 5.92 Å². The molecule has 0 rings (SSSR count). The highest BCUT2D eigenvalue weighted by atomic mass is 13.8. The Morgan fingerprint density at radius 2 is 1.71 bits per heavy atom. The molecule has 0 nitrogen and oxygen atoms in total. The molecule has 0 fully saturated rings. The zero-order chi connectivity index (χ0) is 4.99. The van der Waals surface area contributed by atoms with Crippen LogP contribution in [0.25, 0.3) is 0 Å². The van der Waals surface area contributed by atoms with E-state index in [1.807, 2.05) is 6.92 Å². The van der Waals surface area contributed by atoms with Gasteiger partial charge >= 0.3 is 0 Å². The third-order valence-electron chi connectivity index (χ3n) is 0.577. The fraction of sp³-hybridized carbons (Fsp3) is 0.667. The van der Waals surface area contributed by atoms with Gasteiger partial charge in [-0.25, -0.2) is 0 Å². The summed E-state index contributed by atoms with van der Waals surface area (Å²) in [6.07, 6.45) is 4.24. The van der Waals surface area contributed by atoms with Crippen LogP contribution in [0.1, 0.15) is 20.8 Å². The maximum Gasteiger partial charge on any atom is 0 e. The summed E-state index contributed by atoms with van der Waals surface area (Å²) in [6.45, 7) is 6.38. The second-order valence-corrected chi connectivity index (χ2v) is 1.77. The maximum absolute atomic E-state index is 2.17. The van der Waals surface area contributed by atoms with Crippen LogP contribution in [0.5, 0.6) is 0 Å². The number of hydrogen-bond donors (Lipinski definition) is 0. The van der Waals surface area contributed by atoms with Crippen LogP contribution < -0.4 is 0 Å². The summed E-state index contributed by atoms with van der Waals surface area (Å²) < 4.78 is 0. The van der Waals surface area contributed by atoms with Crippen LogP contribution in [0.3, 0.4) is 0 Å². The van der Waals surface area contributed by atoms with Gasteiger partial charge in [0, 0.05) is 8.41 Å². The normalized spacial score (nSPS) is 9.71. The quantitative estimate of drug-likeness (QED) is 0.344. The van der Waals surface area contributed by atoms with Gasteiger partial charge in [0.05, 0.1) is 0 Å². The van der Waals surface area contributed by atoms with E-state index in [0.29, 0.717) is 0 Å². The van der Waals surface area contributed by atoms with Crippen molar-refractivity contribution in [2.75, 3.05) is 0 Å². The van der Waals surface area contributed by atoms with E-state index in [9.17, 15) is 0 Å². The molecule has 0 aromatic carbocycles. The molecular formula is C6H12B. The molecule has 7 heavy (non-hydrogen) atoms. The van der Waals surface area contributed by atoms with Crippen LogP contribution >= 0.6 is 0 Å². The molecular weight excluding hydrogens is 82.9 g/mol.